The summed E-state index contributed by atoms with van der Waals surface area (Å²) in [5.74, 6) is -0.431. The van der Waals surface area contributed by atoms with Crippen molar-refractivity contribution in [1.29, 1.82) is 0 Å². The molecule has 0 aromatic carbocycles. The van der Waals surface area contributed by atoms with Gasteiger partial charge in [-0.3, -0.25) is 9.59 Å². The van der Waals surface area contributed by atoms with Crippen molar-refractivity contribution in [2.24, 2.45) is 5.92 Å². The molecule has 5 heteroatoms. The van der Waals surface area contributed by atoms with E-state index in [0.29, 0.717) is 0 Å². The van der Waals surface area contributed by atoms with E-state index in [1.165, 1.54) is 0 Å². The van der Waals surface area contributed by atoms with Crippen molar-refractivity contribution in [2.45, 2.75) is 38.2 Å². The Labute approximate surface area is 113 Å². The van der Waals surface area contributed by atoms with E-state index in [4.69, 9.17) is 9.84 Å². The van der Waals surface area contributed by atoms with Gasteiger partial charge in [0.25, 0.3) is 0 Å². The van der Waals surface area contributed by atoms with Gasteiger partial charge in [-0.05, 0) is 25.7 Å². The SMILES string of the molecule is O=C(O)CCOC1CCN(C(=O)C2CC=CC2)CC1. The number of aliphatic carboxylic acids is 1. The van der Waals surface area contributed by atoms with Crippen LogP contribution in [0.4, 0.5) is 0 Å². The molecule has 1 aliphatic carbocycles. The molecule has 1 heterocycles. The van der Waals surface area contributed by atoms with Crippen molar-refractivity contribution in [2.75, 3.05) is 19.7 Å². The quantitative estimate of drug-likeness (QED) is 0.765. The van der Waals surface area contributed by atoms with Crippen LogP contribution in [0.15, 0.2) is 12.2 Å². The summed E-state index contributed by atoms with van der Waals surface area (Å²) in [7, 11) is 0. The van der Waals surface area contributed by atoms with Gasteiger partial charge < -0.3 is 14.7 Å². The van der Waals surface area contributed by atoms with Crippen LogP contribution in [0.3, 0.4) is 0 Å². The highest BCUT2D eigenvalue weighted by molar-refractivity contribution is 5.79. The number of ether oxygens (including phenoxy) is 1. The fourth-order valence-corrected chi connectivity index (χ4v) is 2.63. The third-order valence-corrected chi connectivity index (χ3v) is 3.78. The maximum absolute atomic E-state index is 12.2. The monoisotopic (exact) mass is 267 g/mol. The van der Waals surface area contributed by atoms with Crippen molar-refractivity contribution in [1.82, 2.24) is 4.90 Å². The van der Waals surface area contributed by atoms with E-state index in [1.54, 1.807) is 0 Å². The molecule has 5 nitrogen and oxygen atoms in total. The molecule has 19 heavy (non-hydrogen) atoms. The summed E-state index contributed by atoms with van der Waals surface area (Å²) in [5.41, 5.74) is 0. The summed E-state index contributed by atoms with van der Waals surface area (Å²) >= 11 is 0. The lowest BCUT2D eigenvalue weighted by molar-refractivity contribution is -0.139. The molecule has 2 rings (SSSR count). The van der Waals surface area contributed by atoms with E-state index in [2.05, 4.69) is 12.2 Å². The van der Waals surface area contributed by atoms with E-state index in [-0.39, 0.29) is 31.0 Å². The summed E-state index contributed by atoms with van der Waals surface area (Å²) in [6.07, 6.45) is 7.66. The molecule has 1 N–H and O–H groups in total. The molecule has 0 aromatic rings. The fourth-order valence-electron chi connectivity index (χ4n) is 2.63. The van der Waals surface area contributed by atoms with Crippen LogP contribution in [0.5, 0.6) is 0 Å². The Bertz CT molecular complexity index is 350. The van der Waals surface area contributed by atoms with Crippen molar-refractivity contribution in [3.05, 3.63) is 12.2 Å². The molecule has 1 fully saturated rings. The molecule has 0 radical (unpaired) electrons. The maximum Gasteiger partial charge on any atom is 0.305 e. The van der Waals surface area contributed by atoms with Crippen molar-refractivity contribution >= 4 is 11.9 Å². The number of hydrogen-bond donors (Lipinski definition) is 1. The van der Waals surface area contributed by atoms with Crippen LogP contribution in [0.25, 0.3) is 0 Å². The molecule has 1 amide bonds. The maximum atomic E-state index is 12.2. The van der Waals surface area contributed by atoms with Crippen molar-refractivity contribution in [3.63, 3.8) is 0 Å². The number of piperidine rings is 1. The van der Waals surface area contributed by atoms with Crippen LogP contribution in [-0.2, 0) is 14.3 Å². The fraction of sp³-hybridized carbons (Fsp3) is 0.714. The summed E-state index contributed by atoms with van der Waals surface area (Å²) in [6.45, 7) is 1.72. The standard InChI is InChI=1S/C14H21NO4/c16-13(17)7-10-19-12-5-8-15(9-6-12)14(18)11-3-1-2-4-11/h1-2,11-12H,3-10H2,(H,16,17). The zero-order valence-electron chi connectivity index (χ0n) is 11.1. The van der Waals surface area contributed by atoms with Gasteiger partial charge in [0.05, 0.1) is 19.1 Å². The first-order chi connectivity index (χ1) is 9.16. The minimum Gasteiger partial charge on any atom is -0.481 e. The number of hydrogen-bond acceptors (Lipinski definition) is 3. The molecule has 1 saturated heterocycles. The van der Waals surface area contributed by atoms with Crippen molar-refractivity contribution in [3.8, 4) is 0 Å². The zero-order chi connectivity index (χ0) is 13.7. The summed E-state index contributed by atoms with van der Waals surface area (Å²) < 4.78 is 5.52. The molecule has 0 bridgehead atoms. The summed E-state index contributed by atoms with van der Waals surface area (Å²) in [5, 5.41) is 8.54. The van der Waals surface area contributed by atoms with Crippen LogP contribution < -0.4 is 0 Å². The molecule has 0 unspecified atom stereocenters. The normalized spacial score (nSPS) is 20.9. The van der Waals surface area contributed by atoms with Crippen LogP contribution in [-0.4, -0.2) is 47.7 Å². The number of amides is 1. The highest BCUT2D eigenvalue weighted by atomic mass is 16.5. The molecule has 0 atom stereocenters. The Balaban J connectivity index is 1.67. The van der Waals surface area contributed by atoms with E-state index in [0.717, 1.165) is 38.8 Å². The van der Waals surface area contributed by atoms with Crippen LogP contribution in [0.1, 0.15) is 32.1 Å². The number of nitrogens with zero attached hydrogens (tertiary/aromatic N) is 1. The predicted molar refractivity (Wildman–Crippen MR) is 69.7 cm³/mol. The van der Waals surface area contributed by atoms with Gasteiger partial charge in [-0.15, -0.1) is 0 Å². The molecule has 0 spiro atoms. The van der Waals surface area contributed by atoms with Gasteiger partial charge in [-0.2, -0.15) is 0 Å². The molecule has 106 valence electrons. The molecule has 2 aliphatic rings. The third kappa shape index (κ3) is 4.06. The highest BCUT2D eigenvalue weighted by Crippen LogP contribution is 2.23. The average molecular weight is 267 g/mol. The minimum atomic E-state index is -0.832. The number of carboxylic acid groups (broad SMARTS) is 1. The number of likely N-dealkylation sites (tertiary alicyclic amines) is 1. The van der Waals surface area contributed by atoms with E-state index in [1.807, 2.05) is 4.90 Å². The molecular formula is C14H21NO4. The van der Waals surface area contributed by atoms with Crippen molar-refractivity contribution < 1.29 is 19.4 Å². The Morgan fingerprint density at radius 2 is 1.84 bits per heavy atom. The highest BCUT2D eigenvalue weighted by Gasteiger charge is 2.28. The first kappa shape index (κ1) is 14.1. The number of carbonyl (C=O) groups excluding carboxylic acids is 1. The molecule has 0 saturated carbocycles. The van der Waals surface area contributed by atoms with E-state index in [9.17, 15) is 9.59 Å². The van der Waals surface area contributed by atoms with Gasteiger partial charge in [0, 0.05) is 19.0 Å². The zero-order valence-corrected chi connectivity index (χ0v) is 11.1. The summed E-state index contributed by atoms with van der Waals surface area (Å²) in [4.78, 5) is 24.5. The lowest BCUT2D eigenvalue weighted by atomic mass is 10.0. The van der Waals surface area contributed by atoms with Crippen LogP contribution >= 0.6 is 0 Å². The van der Waals surface area contributed by atoms with Crippen LogP contribution in [0.2, 0.25) is 0 Å². The molecule has 1 aliphatic heterocycles. The Hall–Kier alpha value is -1.36. The smallest absolute Gasteiger partial charge is 0.305 e. The average Bonchev–Trinajstić information content (AvgIpc) is 2.92. The second kappa shape index (κ2) is 6.70. The topological polar surface area (TPSA) is 66.8 Å². The van der Waals surface area contributed by atoms with Gasteiger partial charge in [-0.1, -0.05) is 12.2 Å². The largest absolute Gasteiger partial charge is 0.481 e. The molecular weight excluding hydrogens is 246 g/mol. The van der Waals surface area contributed by atoms with E-state index >= 15 is 0 Å². The van der Waals surface area contributed by atoms with Gasteiger partial charge in [-0.25, -0.2) is 0 Å². The third-order valence-electron chi connectivity index (χ3n) is 3.78. The second-order valence-corrected chi connectivity index (χ2v) is 5.18. The van der Waals surface area contributed by atoms with Crippen LogP contribution in [0, 0.1) is 5.92 Å². The number of carboxylic acids is 1. The van der Waals surface area contributed by atoms with Gasteiger partial charge in [0.1, 0.15) is 0 Å². The number of carbonyl (C=O) groups is 2. The second-order valence-electron chi connectivity index (χ2n) is 5.18. The first-order valence-corrected chi connectivity index (χ1v) is 6.94. The number of allylic oxidation sites excluding steroid dienone is 2. The lowest BCUT2D eigenvalue weighted by Gasteiger charge is -2.33. The summed E-state index contributed by atoms with van der Waals surface area (Å²) in [6, 6.07) is 0. The Kier molecular flexibility index (Phi) is 4.96. The number of rotatable bonds is 5. The van der Waals surface area contributed by atoms with Gasteiger partial charge in [0.15, 0.2) is 0 Å². The Morgan fingerprint density at radius 3 is 2.42 bits per heavy atom. The first-order valence-electron chi connectivity index (χ1n) is 6.94. The Morgan fingerprint density at radius 1 is 1.21 bits per heavy atom. The predicted octanol–water partition coefficient (Wildman–Crippen LogP) is 1.43. The van der Waals surface area contributed by atoms with Gasteiger partial charge >= 0.3 is 5.97 Å². The van der Waals surface area contributed by atoms with E-state index < -0.39 is 5.97 Å². The molecule has 0 aromatic heterocycles. The lowest BCUT2D eigenvalue weighted by Crippen LogP contribution is -2.43. The minimum absolute atomic E-state index is 0.0485. The van der Waals surface area contributed by atoms with Gasteiger partial charge in [0.2, 0.25) is 5.91 Å².